The molecule has 1 atom stereocenters. The van der Waals surface area contributed by atoms with E-state index < -0.39 is 5.92 Å². The maximum absolute atomic E-state index is 13.4. The average Bonchev–Trinajstić information content (AvgIpc) is 2.46. The van der Waals surface area contributed by atoms with Gasteiger partial charge in [-0.1, -0.05) is 40.0 Å². The van der Waals surface area contributed by atoms with Gasteiger partial charge in [-0.15, -0.1) is 0 Å². The molecule has 0 aromatic heterocycles. The lowest BCUT2D eigenvalue weighted by Gasteiger charge is -2.18. The molecule has 22 heavy (non-hydrogen) atoms. The van der Waals surface area contributed by atoms with Crippen molar-refractivity contribution in [3.63, 3.8) is 0 Å². The van der Waals surface area contributed by atoms with Crippen LogP contribution >= 0.6 is 11.8 Å². The van der Waals surface area contributed by atoms with Crippen LogP contribution in [-0.4, -0.2) is 29.5 Å². The van der Waals surface area contributed by atoms with Crippen LogP contribution in [0.4, 0.5) is 8.78 Å². The maximum atomic E-state index is 13.4. The lowest BCUT2D eigenvalue weighted by Crippen LogP contribution is -2.18. The Bertz CT molecular complexity index is 286. The molecule has 132 valence electrons. The molecule has 0 spiro atoms. The van der Waals surface area contributed by atoms with Gasteiger partial charge in [0.15, 0.2) is 0 Å². The minimum absolute atomic E-state index is 0.0227. The highest BCUT2D eigenvalue weighted by Crippen LogP contribution is 2.28. The van der Waals surface area contributed by atoms with Crippen molar-refractivity contribution in [2.24, 2.45) is 0 Å². The third-order valence-electron chi connectivity index (χ3n) is 3.43. The molecule has 1 unspecified atom stereocenters. The number of unbranched alkanes of at least 4 members (excludes halogenated alkanes) is 1. The third kappa shape index (κ3) is 12.2. The molecule has 2 nitrogen and oxygen atoms in total. The zero-order valence-corrected chi connectivity index (χ0v) is 15.2. The van der Waals surface area contributed by atoms with E-state index in [2.05, 4.69) is 6.92 Å². The molecule has 0 aromatic carbocycles. The summed E-state index contributed by atoms with van der Waals surface area (Å²) in [6.45, 7) is 6.32. The van der Waals surface area contributed by atoms with Crippen LogP contribution in [0.15, 0.2) is 0 Å². The minimum atomic E-state index is -2.53. The van der Waals surface area contributed by atoms with Gasteiger partial charge >= 0.3 is 5.97 Å². The van der Waals surface area contributed by atoms with E-state index in [1.54, 1.807) is 18.7 Å². The summed E-state index contributed by atoms with van der Waals surface area (Å²) < 4.78 is 32.1. The van der Waals surface area contributed by atoms with Gasteiger partial charge in [0.1, 0.15) is 6.61 Å². The van der Waals surface area contributed by atoms with E-state index in [-0.39, 0.29) is 24.1 Å². The van der Waals surface area contributed by atoms with Gasteiger partial charge in [-0.25, -0.2) is 8.78 Å². The molecule has 0 rings (SSSR count). The van der Waals surface area contributed by atoms with Gasteiger partial charge in [-0.2, -0.15) is 11.8 Å². The van der Waals surface area contributed by atoms with E-state index in [0.717, 1.165) is 25.7 Å². The Balaban J connectivity index is 3.91. The first kappa shape index (κ1) is 21.7. The van der Waals surface area contributed by atoms with Gasteiger partial charge in [-0.05, 0) is 25.0 Å². The number of esters is 1. The number of carbonyl (C=O) groups is 1. The molecule has 0 fully saturated rings. The molecule has 0 aliphatic rings. The van der Waals surface area contributed by atoms with Crippen LogP contribution < -0.4 is 0 Å². The fraction of sp³-hybridized carbons (Fsp3) is 0.941. The normalized spacial score (nSPS) is 13.1. The van der Waals surface area contributed by atoms with Gasteiger partial charge in [-0.3, -0.25) is 4.79 Å². The van der Waals surface area contributed by atoms with E-state index in [4.69, 9.17) is 4.74 Å². The van der Waals surface area contributed by atoms with E-state index in [1.807, 2.05) is 6.92 Å². The van der Waals surface area contributed by atoms with E-state index >= 15 is 0 Å². The number of rotatable bonds is 14. The predicted molar refractivity (Wildman–Crippen MR) is 90.7 cm³/mol. The van der Waals surface area contributed by atoms with Crippen LogP contribution in [0.25, 0.3) is 0 Å². The van der Waals surface area contributed by atoms with Crippen molar-refractivity contribution in [1.29, 1.82) is 0 Å². The molecule has 0 aliphatic carbocycles. The molecule has 0 saturated carbocycles. The second kappa shape index (κ2) is 13.1. The SMILES string of the molecule is CCCCC(=O)OCC(CCC)SCCCC(F)(F)CCC. The lowest BCUT2D eigenvalue weighted by atomic mass is 10.1. The number of hydrogen-bond acceptors (Lipinski definition) is 3. The summed E-state index contributed by atoms with van der Waals surface area (Å²) in [5, 5.41) is 0.232. The molecule has 5 heteroatoms. The Morgan fingerprint density at radius 3 is 2.41 bits per heavy atom. The quantitative estimate of drug-likeness (QED) is 0.294. The van der Waals surface area contributed by atoms with Crippen LogP contribution in [0.2, 0.25) is 0 Å². The maximum Gasteiger partial charge on any atom is 0.305 e. The summed E-state index contributed by atoms with van der Waals surface area (Å²) in [5.74, 6) is -1.96. The Morgan fingerprint density at radius 1 is 1.09 bits per heavy atom. The smallest absolute Gasteiger partial charge is 0.305 e. The average molecular weight is 339 g/mol. The fourth-order valence-electron chi connectivity index (χ4n) is 2.19. The highest BCUT2D eigenvalue weighted by atomic mass is 32.2. The van der Waals surface area contributed by atoms with Crippen molar-refractivity contribution in [3.8, 4) is 0 Å². The molecular formula is C17H32F2O2S. The molecule has 0 amide bonds. The molecular weight excluding hydrogens is 306 g/mol. The number of alkyl halides is 2. The van der Waals surface area contributed by atoms with Gasteiger partial charge in [0.25, 0.3) is 0 Å². The molecule has 0 aromatic rings. The first-order chi connectivity index (χ1) is 10.4. The third-order valence-corrected chi connectivity index (χ3v) is 4.80. The van der Waals surface area contributed by atoms with Gasteiger partial charge < -0.3 is 4.74 Å². The van der Waals surface area contributed by atoms with Crippen molar-refractivity contribution in [2.45, 2.75) is 89.7 Å². The van der Waals surface area contributed by atoms with Gasteiger partial charge in [0, 0.05) is 24.5 Å². The number of thioether (sulfide) groups is 1. The van der Waals surface area contributed by atoms with Crippen LogP contribution in [0.5, 0.6) is 0 Å². The highest BCUT2D eigenvalue weighted by Gasteiger charge is 2.26. The minimum Gasteiger partial charge on any atom is -0.464 e. The first-order valence-electron chi connectivity index (χ1n) is 8.60. The molecule has 0 bridgehead atoms. The van der Waals surface area contributed by atoms with Gasteiger partial charge in [0.2, 0.25) is 5.92 Å². The number of halogens is 2. The highest BCUT2D eigenvalue weighted by molar-refractivity contribution is 7.99. The molecule has 0 heterocycles. The molecule has 0 aliphatic heterocycles. The summed E-state index contributed by atoms with van der Waals surface area (Å²) >= 11 is 1.66. The number of carbonyl (C=O) groups excluding carboxylic acids is 1. The standard InChI is InChI=1S/C17H32F2O2S/c1-4-7-10-16(20)21-14-15(9-5-2)22-13-8-12-17(18,19)11-6-3/h15H,4-14H2,1-3H3. The summed E-state index contributed by atoms with van der Waals surface area (Å²) in [5.41, 5.74) is 0. The van der Waals surface area contributed by atoms with Gasteiger partial charge in [0.05, 0.1) is 0 Å². The summed E-state index contributed by atoms with van der Waals surface area (Å²) in [6.07, 6.45) is 5.25. The fourth-order valence-corrected chi connectivity index (χ4v) is 3.40. The Kier molecular flexibility index (Phi) is 13.0. The number of hydrogen-bond donors (Lipinski definition) is 0. The van der Waals surface area contributed by atoms with Crippen LogP contribution in [0.3, 0.4) is 0 Å². The van der Waals surface area contributed by atoms with Crippen LogP contribution in [-0.2, 0) is 9.53 Å². The number of ether oxygens (including phenoxy) is 1. The van der Waals surface area contributed by atoms with Crippen molar-refractivity contribution in [1.82, 2.24) is 0 Å². The predicted octanol–water partition coefficient (Wildman–Crippen LogP) is 5.84. The Labute approximate surface area is 138 Å². The lowest BCUT2D eigenvalue weighted by molar-refractivity contribution is -0.143. The topological polar surface area (TPSA) is 26.3 Å². The van der Waals surface area contributed by atoms with Crippen molar-refractivity contribution < 1.29 is 18.3 Å². The van der Waals surface area contributed by atoms with Crippen molar-refractivity contribution >= 4 is 17.7 Å². The second-order valence-electron chi connectivity index (χ2n) is 5.78. The molecule has 0 N–H and O–H groups in total. The largest absolute Gasteiger partial charge is 0.464 e. The van der Waals surface area contributed by atoms with E-state index in [9.17, 15) is 13.6 Å². The molecule has 0 radical (unpaired) electrons. The molecule has 0 saturated heterocycles. The Hall–Kier alpha value is -0.320. The van der Waals surface area contributed by atoms with E-state index in [0.29, 0.717) is 31.6 Å². The second-order valence-corrected chi connectivity index (χ2v) is 7.19. The zero-order valence-electron chi connectivity index (χ0n) is 14.3. The zero-order chi connectivity index (χ0) is 16.8. The monoisotopic (exact) mass is 338 g/mol. The van der Waals surface area contributed by atoms with Crippen LogP contribution in [0.1, 0.15) is 78.6 Å². The summed E-state index contributed by atoms with van der Waals surface area (Å²) in [6, 6.07) is 0. The Morgan fingerprint density at radius 2 is 1.82 bits per heavy atom. The van der Waals surface area contributed by atoms with Crippen LogP contribution in [0, 0.1) is 0 Å². The van der Waals surface area contributed by atoms with Crippen molar-refractivity contribution in [2.75, 3.05) is 12.4 Å². The first-order valence-corrected chi connectivity index (χ1v) is 9.65. The summed E-state index contributed by atoms with van der Waals surface area (Å²) in [4.78, 5) is 11.5. The summed E-state index contributed by atoms with van der Waals surface area (Å²) in [7, 11) is 0. The van der Waals surface area contributed by atoms with E-state index in [1.165, 1.54) is 0 Å². The van der Waals surface area contributed by atoms with Crippen molar-refractivity contribution in [3.05, 3.63) is 0 Å².